The molecule has 0 saturated heterocycles. The standard InChI is InChI=1S/C14H20N4O2/c1-7(12-8(2)17-18(6)10(12)4)16-14(19)13-9(3)15-11(5)20-13/h7H,1-6H3,(H,16,19). The van der Waals surface area contributed by atoms with E-state index in [9.17, 15) is 4.79 Å². The Labute approximate surface area is 118 Å². The summed E-state index contributed by atoms with van der Waals surface area (Å²) in [6.45, 7) is 9.35. The van der Waals surface area contributed by atoms with Crippen LogP contribution in [0.5, 0.6) is 0 Å². The number of amides is 1. The van der Waals surface area contributed by atoms with Crippen molar-refractivity contribution in [3.63, 3.8) is 0 Å². The molecule has 1 atom stereocenters. The Morgan fingerprint density at radius 1 is 1.25 bits per heavy atom. The van der Waals surface area contributed by atoms with Gasteiger partial charge in [-0.1, -0.05) is 0 Å². The second-order valence-corrected chi connectivity index (χ2v) is 5.05. The minimum absolute atomic E-state index is 0.138. The fraction of sp³-hybridized carbons (Fsp3) is 0.500. The maximum absolute atomic E-state index is 12.2. The molecule has 2 rings (SSSR count). The number of nitrogens with zero attached hydrogens (tertiary/aromatic N) is 3. The van der Waals surface area contributed by atoms with Crippen LogP contribution in [0, 0.1) is 27.7 Å². The van der Waals surface area contributed by atoms with Gasteiger partial charge in [0.15, 0.2) is 5.89 Å². The lowest BCUT2D eigenvalue weighted by Gasteiger charge is -2.14. The lowest BCUT2D eigenvalue weighted by atomic mass is 10.1. The second-order valence-electron chi connectivity index (χ2n) is 5.05. The lowest BCUT2D eigenvalue weighted by molar-refractivity contribution is 0.0909. The van der Waals surface area contributed by atoms with E-state index in [-0.39, 0.29) is 17.7 Å². The van der Waals surface area contributed by atoms with E-state index < -0.39 is 0 Å². The zero-order valence-corrected chi connectivity index (χ0v) is 12.7. The van der Waals surface area contributed by atoms with Crippen LogP contribution < -0.4 is 5.32 Å². The van der Waals surface area contributed by atoms with Crippen molar-refractivity contribution >= 4 is 5.91 Å². The molecule has 1 amide bonds. The van der Waals surface area contributed by atoms with Gasteiger partial charge in [0.1, 0.15) is 0 Å². The van der Waals surface area contributed by atoms with Crippen LogP contribution in [0.25, 0.3) is 0 Å². The van der Waals surface area contributed by atoms with Crippen molar-refractivity contribution in [1.29, 1.82) is 0 Å². The first-order valence-electron chi connectivity index (χ1n) is 6.56. The van der Waals surface area contributed by atoms with E-state index in [0.29, 0.717) is 11.6 Å². The molecule has 0 aromatic carbocycles. The SMILES string of the molecule is Cc1nc(C)c(C(=O)NC(C)c2c(C)nn(C)c2C)o1. The monoisotopic (exact) mass is 276 g/mol. The molecule has 0 aliphatic carbocycles. The van der Waals surface area contributed by atoms with Gasteiger partial charge in [-0.15, -0.1) is 0 Å². The molecule has 2 heterocycles. The molecule has 1 unspecified atom stereocenters. The van der Waals surface area contributed by atoms with Gasteiger partial charge in [0.25, 0.3) is 5.91 Å². The predicted molar refractivity (Wildman–Crippen MR) is 74.5 cm³/mol. The average molecular weight is 276 g/mol. The fourth-order valence-electron chi connectivity index (χ4n) is 2.49. The van der Waals surface area contributed by atoms with E-state index in [1.54, 1.807) is 13.8 Å². The van der Waals surface area contributed by atoms with Crippen molar-refractivity contribution in [3.8, 4) is 0 Å². The molecule has 2 aromatic heterocycles. The molecular formula is C14H20N4O2. The van der Waals surface area contributed by atoms with Gasteiger partial charge in [-0.05, 0) is 27.7 Å². The normalized spacial score (nSPS) is 12.5. The topological polar surface area (TPSA) is 73.0 Å². The average Bonchev–Trinajstić information content (AvgIpc) is 2.79. The Hall–Kier alpha value is -2.11. The van der Waals surface area contributed by atoms with Crippen molar-refractivity contribution in [1.82, 2.24) is 20.1 Å². The van der Waals surface area contributed by atoms with E-state index in [0.717, 1.165) is 17.0 Å². The highest BCUT2D eigenvalue weighted by atomic mass is 16.4. The summed E-state index contributed by atoms with van der Waals surface area (Å²) in [6, 6.07) is -0.138. The molecule has 108 valence electrons. The van der Waals surface area contributed by atoms with Crippen LogP contribution in [0.1, 0.15) is 52.1 Å². The molecule has 0 aliphatic heterocycles. The summed E-state index contributed by atoms with van der Waals surface area (Å²) < 4.78 is 7.15. The molecule has 6 heteroatoms. The van der Waals surface area contributed by atoms with Gasteiger partial charge in [0.05, 0.1) is 17.4 Å². The zero-order chi connectivity index (χ0) is 15.0. The maximum Gasteiger partial charge on any atom is 0.289 e. The van der Waals surface area contributed by atoms with Crippen molar-refractivity contribution < 1.29 is 9.21 Å². The Bertz CT molecular complexity index is 654. The van der Waals surface area contributed by atoms with E-state index >= 15 is 0 Å². The molecule has 6 nitrogen and oxygen atoms in total. The van der Waals surface area contributed by atoms with Crippen molar-refractivity contribution in [3.05, 3.63) is 34.3 Å². The Morgan fingerprint density at radius 2 is 1.90 bits per heavy atom. The highest BCUT2D eigenvalue weighted by Gasteiger charge is 2.22. The summed E-state index contributed by atoms with van der Waals surface area (Å²) in [7, 11) is 1.89. The van der Waals surface area contributed by atoms with Crippen LogP contribution in [-0.4, -0.2) is 20.7 Å². The van der Waals surface area contributed by atoms with Gasteiger partial charge in [-0.2, -0.15) is 5.10 Å². The first-order valence-corrected chi connectivity index (χ1v) is 6.56. The minimum atomic E-state index is -0.252. The lowest BCUT2D eigenvalue weighted by Crippen LogP contribution is -2.27. The van der Waals surface area contributed by atoms with E-state index in [1.165, 1.54) is 0 Å². The summed E-state index contributed by atoms with van der Waals surface area (Å²) in [5, 5.41) is 7.30. The largest absolute Gasteiger partial charge is 0.436 e. The molecular weight excluding hydrogens is 256 g/mol. The molecule has 0 fully saturated rings. The van der Waals surface area contributed by atoms with Gasteiger partial charge < -0.3 is 9.73 Å². The highest BCUT2D eigenvalue weighted by molar-refractivity contribution is 5.92. The molecule has 2 aromatic rings. The van der Waals surface area contributed by atoms with Crippen LogP contribution in [-0.2, 0) is 7.05 Å². The maximum atomic E-state index is 12.2. The number of rotatable bonds is 3. The third-order valence-corrected chi connectivity index (χ3v) is 3.46. The number of carbonyl (C=O) groups is 1. The fourth-order valence-corrected chi connectivity index (χ4v) is 2.49. The summed E-state index contributed by atoms with van der Waals surface area (Å²) >= 11 is 0. The number of aryl methyl sites for hydroxylation is 4. The van der Waals surface area contributed by atoms with Gasteiger partial charge >= 0.3 is 0 Å². The van der Waals surface area contributed by atoms with Crippen molar-refractivity contribution in [2.75, 3.05) is 0 Å². The van der Waals surface area contributed by atoms with E-state index in [4.69, 9.17) is 4.42 Å². The number of oxazole rings is 1. The van der Waals surface area contributed by atoms with E-state index in [2.05, 4.69) is 15.4 Å². The number of aromatic nitrogens is 3. The number of hydrogen-bond acceptors (Lipinski definition) is 4. The molecule has 0 bridgehead atoms. The number of hydrogen-bond donors (Lipinski definition) is 1. The first-order chi connectivity index (χ1) is 9.31. The Morgan fingerprint density at radius 3 is 2.35 bits per heavy atom. The van der Waals surface area contributed by atoms with Crippen LogP contribution in [0.15, 0.2) is 4.42 Å². The smallest absolute Gasteiger partial charge is 0.289 e. The van der Waals surface area contributed by atoms with Crippen LogP contribution in [0.2, 0.25) is 0 Å². The predicted octanol–water partition coefficient (Wildman–Crippen LogP) is 2.13. The summed E-state index contributed by atoms with van der Waals surface area (Å²) in [4.78, 5) is 16.3. The van der Waals surface area contributed by atoms with Gasteiger partial charge in [0, 0.05) is 25.2 Å². The molecule has 0 aliphatic rings. The van der Waals surface area contributed by atoms with Crippen LogP contribution >= 0.6 is 0 Å². The van der Waals surface area contributed by atoms with Gasteiger partial charge in [-0.25, -0.2) is 4.98 Å². The van der Waals surface area contributed by atoms with Crippen molar-refractivity contribution in [2.24, 2.45) is 7.05 Å². The quantitative estimate of drug-likeness (QED) is 0.932. The number of carbonyl (C=O) groups excluding carboxylic acids is 1. The molecule has 0 radical (unpaired) electrons. The third kappa shape index (κ3) is 2.45. The van der Waals surface area contributed by atoms with Crippen LogP contribution in [0.4, 0.5) is 0 Å². The molecule has 0 saturated carbocycles. The van der Waals surface area contributed by atoms with Gasteiger partial charge in [-0.3, -0.25) is 9.48 Å². The third-order valence-electron chi connectivity index (χ3n) is 3.46. The second kappa shape index (κ2) is 5.11. The van der Waals surface area contributed by atoms with Crippen molar-refractivity contribution in [2.45, 2.75) is 40.7 Å². The highest BCUT2D eigenvalue weighted by Crippen LogP contribution is 2.21. The Balaban J connectivity index is 2.21. The first kappa shape index (κ1) is 14.3. The zero-order valence-electron chi connectivity index (χ0n) is 12.7. The molecule has 0 spiro atoms. The Kier molecular flexibility index (Phi) is 3.65. The minimum Gasteiger partial charge on any atom is -0.436 e. The molecule has 1 N–H and O–H groups in total. The van der Waals surface area contributed by atoms with Gasteiger partial charge in [0.2, 0.25) is 5.76 Å². The summed E-state index contributed by atoms with van der Waals surface area (Å²) in [5.74, 6) is 0.515. The summed E-state index contributed by atoms with van der Waals surface area (Å²) in [6.07, 6.45) is 0. The molecule has 20 heavy (non-hydrogen) atoms. The van der Waals surface area contributed by atoms with E-state index in [1.807, 2.05) is 32.5 Å². The summed E-state index contributed by atoms with van der Waals surface area (Å²) in [5.41, 5.74) is 3.60. The number of nitrogens with one attached hydrogen (secondary N) is 1. The van der Waals surface area contributed by atoms with Crippen LogP contribution in [0.3, 0.4) is 0 Å².